The largest absolute Gasteiger partial charge is 0.466 e. The number of allylic oxidation sites excluding steroid dienone is 5. The molecule has 0 spiro atoms. The van der Waals surface area contributed by atoms with Crippen molar-refractivity contribution in [2.24, 2.45) is 0 Å². The zero-order chi connectivity index (χ0) is 51.4. The summed E-state index contributed by atoms with van der Waals surface area (Å²) < 4.78 is 5.47. The molecule has 0 aliphatic carbocycles. The van der Waals surface area contributed by atoms with Crippen molar-refractivity contribution in [2.75, 3.05) is 13.2 Å². The van der Waals surface area contributed by atoms with Gasteiger partial charge < -0.3 is 20.3 Å². The quantitative estimate of drug-likeness (QED) is 0.0321. The molecule has 0 aliphatic heterocycles. The Morgan fingerprint density at radius 3 is 1.03 bits per heavy atom. The lowest BCUT2D eigenvalue weighted by atomic mass is 10.0. The van der Waals surface area contributed by atoms with Crippen LogP contribution in [-0.2, 0) is 14.3 Å². The summed E-state index contributed by atoms with van der Waals surface area (Å²) in [6.07, 6.45) is 76.3. The Morgan fingerprint density at radius 2 is 0.662 bits per heavy atom. The van der Waals surface area contributed by atoms with Gasteiger partial charge in [-0.25, -0.2) is 0 Å². The maximum Gasteiger partial charge on any atom is 0.305 e. The summed E-state index contributed by atoms with van der Waals surface area (Å²) in [5.41, 5.74) is 0. The van der Waals surface area contributed by atoms with Crippen molar-refractivity contribution in [3.63, 3.8) is 0 Å². The second-order valence-corrected chi connectivity index (χ2v) is 21.7. The Morgan fingerprint density at radius 1 is 0.380 bits per heavy atom. The standard InChI is InChI=1S/C65H123NO5/c1-3-5-7-9-11-13-15-17-34-37-41-45-49-53-57-63(68)62(61-67)66-64(69)58-54-50-46-42-38-35-32-30-28-26-24-22-20-18-19-21-23-25-27-29-31-33-36-40-44-48-52-56-60-71-65(70)59-55-51-47-43-39-16-14-12-10-8-6-4-2/h12,14,18-19,53,57,62-63,67-68H,3-11,13,15-17,20-52,54-56,58-61H2,1-2H3,(H,66,69)/b14-12-,19-18-,57-53+. The number of esters is 1. The molecule has 0 aromatic heterocycles. The molecule has 2 atom stereocenters. The van der Waals surface area contributed by atoms with Crippen LogP contribution in [0.5, 0.6) is 0 Å². The lowest BCUT2D eigenvalue weighted by molar-refractivity contribution is -0.143. The number of hydrogen-bond acceptors (Lipinski definition) is 5. The minimum Gasteiger partial charge on any atom is -0.466 e. The molecule has 0 fully saturated rings. The fraction of sp³-hybridized carbons (Fsp3) is 0.877. The van der Waals surface area contributed by atoms with Gasteiger partial charge in [0.25, 0.3) is 0 Å². The van der Waals surface area contributed by atoms with E-state index in [2.05, 4.69) is 43.5 Å². The molecule has 418 valence electrons. The lowest BCUT2D eigenvalue weighted by Crippen LogP contribution is -2.45. The smallest absolute Gasteiger partial charge is 0.305 e. The third-order valence-corrected chi connectivity index (χ3v) is 14.6. The summed E-state index contributed by atoms with van der Waals surface area (Å²) in [7, 11) is 0. The van der Waals surface area contributed by atoms with Crippen molar-refractivity contribution in [2.45, 2.75) is 353 Å². The molecule has 2 unspecified atom stereocenters. The molecule has 0 saturated carbocycles. The Kier molecular flexibility index (Phi) is 59.0. The topological polar surface area (TPSA) is 95.9 Å². The first-order chi connectivity index (χ1) is 35.0. The molecule has 0 aromatic carbocycles. The molecule has 0 heterocycles. The van der Waals surface area contributed by atoms with Crippen LogP contribution in [0.15, 0.2) is 36.5 Å². The molecule has 71 heavy (non-hydrogen) atoms. The van der Waals surface area contributed by atoms with Gasteiger partial charge in [0, 0.05) is 12.8 Å². The van der Waals surface area contributed by atoms with Crippen molar-refractivity contribution in [1.82, 2.24) is 5.32 Å². The van der Waals surface area contributed by atoms with Crippen molar-refractivity contribution >= 4 is 11.9 Å². The van der Waals surface area contributed by atoms with E-state index < -0.39 is 12.1 Å². The average Bonchev–Trinajstić information content (AvgIpc) is 3.37. The van der Waals surface area contributed by atoms with Crippen LogP contribution in [0.25, 0.3) is 0 Å². The molecule has 0 saturated heterocycles. The number of carbonyl (C=O) groups excluding carboxylic acids is 2. The first-order valence-electron chi connectivity index (χ1n) is 31.8. The number of aliphatic hydroxyl groups is 2. The van der Waals surface area contributed by atoms with Gasteiger partial charge >= 0.3 is 5.97 Å². The van der Waals surface area contributed by atoms with Crippen LogP contribution in [0.4, 0.5) is 0 Å². The third kappa shape index (κ3) is 57.2. The summed E-state index contributed by atoms with van der Waals surface area (Å²) in [6.45, 7) is 4.89. The molecule has 0 aliphatic rings. The highest BCUT2D eigenvalue weighted by atomic mass is 16.5. The molecule has 6 nitrogen and oxygen atoms in total. The van der Waals surface area contributed by atoms with E-state index in [1.165, 1.54) is 270 Å². The van der Waals surface area contributed by atoms with Gasteiger partial charge in [0.15, 0.2) is 0 Å². The van der Waals surface area contributed by atoms with Crippen molar-refractivity contribution in [3.05, 3.63) is 36.5 Å². The number of ether oxygens (including phenoxy) is 1. The SMILES string of the molecule is CCCCC/C=C\CCCCCCCC(=O)OCCCCCCCCCCCCCC/C=C\CCCCCCCCCCCCCCC(=O)NC(CO)C(O)/C=C/CCCCCCCCCCCCCC. The van der Waals surface area contributed by atoms with Gasteiger partial charge in [-0.15, -0.1) is 0 Å². The maximum absolute atomic E-state index is 12.5. The number of nitrogens with one attached hydrogen (secondary N) is 1. The molecule has 0 rings (SSSR count). The number of unbranched alkanes of at least 4 members (excludes halogenated alkanes) is 44. The van der Waals surface area contributed by atoms with Crippen molar-refractivity contribution in [1.29, 1.82) is 0 Å². The van der Waals surface area contributed by atoms with Crippen LogP contribution in [0, 0.1) is 0 Å². The van der Waals surface area contributed by atoms with Gasteiger partial charge in [-0.2, -0.15) is 0 Å². The first-order valence-corrected chi connectivity index (χ1v) is 31.8. The Labute approximate surface area is 443 Å². The van der Waals surface area contributed by atoms with Crippen molar-refractivity contribution in [3.8, 4) is 0 Å². The van der Waals surface area contributed by atoms with Crippen LogP contribution >= 0.6 is 0 Å². The summed E-state index contributed by atoms with van der Waals surface area (Å²) in [4.78, 5) is 24.5. The number of carbonyl (C=O) groups is 2. The van der Waals surface area contributed by atoms with E-state index in [-0.39, 0.29) is 18.5 Å². The normalized spacial score (nSPS) is 12.8. The number of hydrogen-bond donors (Lipinski definition) is 3. The van der Waals surface area contributed by atoms with Gasteiger partial charge in [0.05, 0.1) is 25.4 Å². The molecule has 3 N–H and O–H groups in total. The fourth-order valence-corrected chi connectivity index (χ4v) is 9.74. The molecule has 1 amide bonds. The minimum atomic E-state index is -0.844. The molecular formula is C65H123NO5. The van der Waals surface area contributed by atoms with E-state index in [0.717, 1.165) is 44.9 Å². The van der Waals surface area contributed by atoms with Gasteiger partial charge in [0.2, 0.25) is 5.91 Å². The van der Waals surface area contributed by atoms with E-state index in [1.807, 2.05) is 6.08 Å². The summed E-state index contributed by atoms with van der Waals surface area (Å²) in [5, 5.41) is 23.1. The highest BCUT2D eigenvalue weighted by molar-refractivity contribution is 5.76. The average molecular weight is 999 g/mol. The van der Waals surface area contributed by atoms with E-state index in [4.69, 9.17) is 4.74 Å². The molecule has 0 bridgehead atoms. The third-order valence-electron chi connectivity index (χ3n) is 14.6. The van der Waals surface area contributed by atoms with Crippen LogP contribution in [0.1, 0.15) is 341 Å². The van der Waals surface area contributed by atoms with E-state index in [1.54, 1.807) is 6.08 Å². The van der Waals surface area contributed by atoms with Gasteiger partial charge in [-0.05, 0) is 83.5 Å². The predicted octanol–water partition coefficient (Wildman–Crippen LogP) is 20.0. The highest BCUT2D eigenvalue weighted by Gasteiger charge is 2.18. The Balaban J connectivity index is 3.40. The van der Waals surface area contributed by atoms with Crippen LogP contribution in [0.3, 0.4) is 0 Å². The lowest BCUT2D eigenvalue weighted by Gasteiger charge is -2.20. The molecule has 0 radical (unpaired) electrons. The number of aliphatic hydroxyl groups excluding tert-OH is 2. The minimum absolute atomic E-state index is 0.00525. The van der Waals surface area contributed by atoms with E-state index in [0.29, 0.717) is 19.4 Å². The molecular weight excluding hydrogens is 875 g/mol. The Bertz CT molecular complexity index is 1150. The molecule has 6 heteroatoms. The van der Waals surface area contributed by atoms with Gasteiger partial charge in [0.1, 0.15) is 0 Å². The van der Waals surface area contributed by atoms with E-state index in [9.17, 15) is 19.8 Å². The van der Waals surface area contributed by atoms with E-state index >= 15 is 0 Å². The monoisotopic (exact) mass is 998 g/mol. The summed E-state index contributed by atoms with van der Waals surface area (Å²) in [5.74, 6) is -0.0617. The van der Waals surface area contributed by atoms with Gasteiger partial charge in [-0.1, -0.05) is 281 Å². The first kappa shape index (κ1) is 69.1. The number of amides is 1. The highest BCUT2D eigenvalue weighted by Crippen LogP contribution is 2.17. The zero-order valence-electron chi connectivity index (χ0n) is 47.7. The van der Waals surface area contributed by atoms with Crippen molar-refractivity contribution < 1.29 is 24.5 Å². The maximum atomic E-state index is 12.5. The predicted molar refractivity (Wildman–Crippen MR) is 310 cm³/mol. The zero-order valence-corrected chi connectivity index (χ0v) is 47.7. The van der Waals surface area contributed by atoms with Gasteiger partial charge in [-0.3, -0.25) is 9.59 Å². The summed E-state index contributed by atoms with van der Waals surface area (Å²) >= 11 is 0. The second kappa shape index (κ2) is 60.6. The van der Waals surface area contributed by atoms with Crippen LogP contribution in [-0.4, -0.2) is 47.4 Å². The molecule has 0 aromatic rings. The Hall–Kier alpha value is -1.92. The number of rotatable bonds is 59. The fourth-order valence-electron chi connectivity index (χ4n) is 9.74. The second-order valence-electron chi connectivity index (χ2n) is 21.7. The van der Waals surface area contributed by atoms with Crippen LogP contribution < -0.4 is 5.32 Å². The summed E-state index contributed by atoms with van der Waals surface area (Å²) in [6, 6.07) is -0.627. The van der Waals surface area contributed by atoms with Crippen LogP contribution in [0.2, 0.25) is 0 Å².